The molecule has 0 heterocycles. The highest BCUT2D eigenvalue weighted by Gasteiger charge is 2.14. The highest BCUT2D eigenvalue weighted by molar-refractivity contribution is 5.20. The van der Waals surface area contributed by atoms with Gasteiger partial charge in [-0.2, -0.15) is 0 Å². The van der Waals surface area contributed by atoms with Crippen LogP contribution >= 0.6 is 0 Å². The van der Waals surface area contributed by atoms with E-state index in [1.54, 1.807) is 7.11 Å². The number of likely N-dealkylation sites (N-methyl/N-ethyl adjacent to an activating group) is 1. The van der Waals surface area contributed by atoms with E-state index in [1.807, 2.05) is 12.1 Å². The van der Waals surface area contributed by atoms with Gasteiger partial charge < -0.3 is 15.0 Å². The van der Waals surface area contributed by atoms with E-state index in [-0.39, 0.29) is 11.9 Å². The quantitative estimate of drug-likeness (QED) is 0.717. The number of methoxy groups -OCH3 is 1. The van der Waals surface area contributed by atoms with Crippen molar-refractivity contribution in [2.75, 3.05) is 33.9 Å². The van der Waals surface area contributed by atoms with Crippen molar-refractivity contribution >= 4 is 0 Å². The Hall–Kier alpha value is -0.970. The van der Waals surface area contributed by atoms with Gasteiger partial charge >= 0.3 is 0 Å². The number of hydrogen-bond donors (Lipinski definition) is 1. The molecule has 1 N–H and O–H groups in total. The van der Waals surface area contributed by atoms with E-state index in [0.717, 1.165) is 38.1 Å². The molecule has 0 aliphatic carbocycles. The minimum absolute atomic E-state index is 0.182. The average Bonchev–Trinajstić information content (AvgIpc) is 2.48. The van der Waals surface area contributed by atoms with E-state index < -0.39 is 0 Å². The first-order valence-electron chi connectivity index (χ1n) is 7.76. The maximum atomic E-state index is 13.1. The second-order valence-electron chi connectivity index (χ2n) is 5.63. The lowest BCUT2D eigenvalue weighted by Gasteiger charge is -2.27. The number of ether oxygens (including phenoxy) is 1. The Morgan fingerprint density at radius 1 is 1.29 bits per heavy atom. The van der Waals surface area contributed by atoms with Crippen molar-refractivity contribution in [3.8, 4) is 0 Å². The second-order valence-corrected chi connectivity index (χ2v) is 5.63. The lowest BCUT2D eigenvalue weighted by molar-refractivity contribution is 0.113. The molecule has 120 valence electrons. The molecule has 2 atom stereocenters. The first-order valence-corrected chi connectivity index (χ1v) is 7.76. The van der Waals surface area contributed by atoms with Gasteiger partial charge in [0.25, 0.3) is 0 Å². The molecular weight excluding hydrogens is 267 g/mol. The standard InChI is InChI=1S/C17H29FN2O/c1-5-11-19-17(15-6-8-16(18)9-7-15)10-12-20(3)14(2)13-21-4/h6-9,14,17,19H,5,10-13H2,1-4H3. The van der Waals surface area contributed by atoms with Gasteiger partial charge in [0, 0.05) is 25.7 Å². The molecule has 1 aromatic carbocycles. The monoisotopic (exact) mass is 296 g/mol. The van der Waals surface area contributed by atoms with Gasteiger partial charge in [0.05, 0.1) is 6.61 Å². The Balaban J connectivity index is 2.59. The molecule has 0 bridgehead atoms. The zero-order chi connectivity index (χ0) is 15.7. The van der Waals surface area contributed by atoms with E-state index in [2.05, 4.69) is 31.1 Å². The lowest BCUT2D eigenvalue weighted by Crippen LogP contribution is -2.35. The molecule has 0 aliphatic heterocycles. The number of nitrogens with zero attached hydrogens (tertiary/aromatic N) is 1. The van der Waals surface area contributed by atoms with Crippen LogP contribution in [0.2, 0.25) is 0 Å². The van der Waals surface area contributed by atoms with E-state index in [9.17, 15) is 4.39 Å². The van der Waals surface area contributed by atoms with Crippen molar-refractivity contribution in [2.24, 2.45) is 0 Å². The van der Waals surface area contributed by atoms with Crippen molar-refractivity contribution in [3.05, 3.63) is 35.6 Å². The van der Waals surface area contributed by atoms with Gasteiger partial charge in [-0.3, -0.25) is 0 Å². The third-order valence-electron chi connectivity index (χ3n) is 3.84. The minimum Gasteiger partial charge on any atom is -0.383 e. The van der Waals surface area contributed by atoms with Gasteiger partial charge in [0.15, 0.2) is 0 Å². The summed E-state index contributed by atoms with van der Waals surface area (Å²) in [7, 11) is 3.85. The summed E-state index contributed by atoms with van der Waals surface area (Å²) < 4.78 is 18.3. The summed E-state index contributed by atoms with van der Waals surface area (Å²) in [5.41, 5.74) is 1.15. The molecule has 0 amide bonds. The summed E-state index contributed by atoms with van der Waals surface area (Å²) in [4.78, 5) is 2.30. The molecule has 2 unspecified atom stereocenters. The zero-order valence-electron chi connectivity index (χ0n) is 13.7. The zero-order valence-corrected chi connectivity index (χ0v) is 13.7. The van der Waals surface area contributed by atoms with Crippen LogP contribution in [0.1, 0.15) is 38.3 Å². The van der Waals surface area contributed by atoms with E-state index >= 15 is 0 Å². The lowest BCUT2D eigenvalue weighted by atomic mass is 10.0. The number of nitrogens with one attached hydrogen (secondary N) is 1. The number of halogens is 1. The summed E-state index contributed by atoms with van der Waals surface area (Å²) in [6, 6.07) is 7.49. The van der Waals surface area contributed by atoms with Crippen LogP contribution < -0.4 is 5.32 Å². The van der Waals surface area contributed by atoms with Gasteiger partial charge in [-0.25, -0.2) is 4.39 Å². The molecule has 0 aliphatic rings. The van der Waals surface area contributed by atoms with Crippen molar-refractivity contribution in [1.29, 1.82) is 0 Å². The highest BCUT2D eigenvalue weighted by atomic mass is 19.1. The molecule has 3 nitrogen and oxygen atoms in total. The van der Waals surface area contributed by atoms with Gasteiger partial charge in [0.2, 0.25) is 0 Å². The minimum atomic E-state index is -0.182. The molecule has 0 fully saturated rings. The molecule has 0 saturated heterocycles. The largest absolute Gasteiger partial charge is 0.383 e. The average molecular weight is 296 g/mol. The third-order valence-corrected chi connectivity index (χ3v) is 3.84. The summed E-state index contributed by atoms with van der Waals surface area (Å²) in [6.07, 6.45) is 2.09. The first kappa shape index (κ1) is 18.1. The fraction of sp³-hybridized carbons (Fsp3) is 0.647. The molecule has 0 aromatic heterocycles. The molecular formula is C17H29FN2O. The Labute approximate surface area is 128 Å². The van der Waals surface area contributed by atoms with Gasteiger partial charge in [0.1, 0.15) is 5.82 Å². The fourth-order valence-electron chi connectivity index (χ4n) is 2.32. The van der Waals surface area contributed by atoms with Crippen LogP contribution in [0.4, 0.5) is 4.39 Å². The van der Waals surface area contributed by atoms with Crippen LogP contribution in [0.25, 0.3) is 0 Å². The summed E-state index contributed by atoms with van der Waals surface area (Å²) in [5, 5.41) is 3.55. The molecule has 0 saturated carbocycles. The Morgan fingerprint density at radius 3 is 2.52 bits per heavy atom. The molecule has 1 aromatic rings. The topological polar surface area (TPSA) is 24.5 Å². The van der Waals surface area contributed by atoms with Crippen LogP contribution in [0, 0.1) is 5.82 Å². The number of rotatable bonds is 10. The Bertz CT molecular complexity index is 383. The Morgan fingerprint density at radius 2 is 1.95 bits per heavy atom. The van der Waals surface area contributed by atoms with Crippen LogP contribution in [0.3, 0.4) is 0 Å². The van der Waals surface area contributed by atoms with Gasteiger partial charge in [-0.15, -0.1) is 0 Å². The SMILES string of the molecule is CCCNC(CCN(C)C(C)COC)c1ccc(F)cc1. The summed E-state index contributed by atoms with van der Waals surface area (Å²) in [5.74, 6) is -0.182. The van der Waals surface area contributed by atoms with Gasteiger partial charge in [-0.05, 0) is 51.1 Å². The van der Waals surface area contributed by atoms with Crippen LogP contribution in [-0.2, 0) is 4.74 Å². The van der Waals surface area contributed by atoms with Crippen LogP contribution in [0.5, 0.6) is 0 Å². The van der Waals surface area contributed by atoms with Crippen molar-refractivity contribution in [2.45, 2.75) is 38.8 Å². The van der Waals surface area contributed by atoms with Gasteiger partial charge in [-0.1, -0.05) is 19.1 Å². The predicted molar refractivity (Wildman–Crippen MR) is 86.0 cm³/mol. The molecule has 0 spiro atoms. The maximum absolute atomic E-state index is 13.1. The molecule has 4 heteroatoms. The smallest absolute Gasteiger partial charge is 0.123 e. The fourth-order valence-corrected chi connectivity index (χ4v) is 2.32. The normalized spacial score (nSPS) is 14.4. The van der Waals surface area contributed by atoms with E-state index in [0.29, 0.717) is 6.04 Å². The van der Waals surface area contributed by atoms with Crippen molar-refractivity contribution in [1.82, 2.24) is 10.2 Å². The second kappa shape index (κ2) is 9.87. The maximum Gasteiger partial charge on any atom is 0.123 e. The van der Waals surface area contributed by atoms with Crippen LogP contribution in [0.15, 0.2) is 24.3 Å². The summed E-state index contributed by atoms with van der Waals surface area (Å²) >= 11 is 0. The van der Waals surface area contributed by atoms with Crippen molar-refractivity contribution in [3.63, 3.8) is 0 Å². The number of hydrogen-bond acceptors (Lipinski definition) is 3. The van der Waals surface area contributed by atoms with E-state index in [1.165, 1.54) is 12.1 Å². The Kier molecular flexibility index (Phi) is 8.50. The van der Waals surface area contributed by atoms with E-state index in [4.69, 9.17) is 4.74 Å². The molecule has 0 radical (unpaired) electrons. The third kappa shape index (κ3) is 6.55. The van der Waals surface area contributed by atoms with Crippen molar-refractivity contribution < 1.29 is 9.13 Å². The summed E-state index contributed by atoms with van der Waals surface area (Å²) in [6.45, 7) is 7.00. The first-order chi connectivity index (χ1) is 10.1. The number of benzene rings is 1. The molecule has 1 rings (SSSR count). The predicted octanol–water partition coefficient (Wildman–Crippen LogP) is 3.22. The van der Waals surface area contributed by atoms with Crippen LogP contribution in [-0.4, -0.2) is 44.8 Å². The molecule has 21 heavy (non-hydrogen) atoms. The highest BCUT2D eigenvalue weighted by Crippen LogP contribution is 2.18.